The van der Waals surface area contributed by atoms with Gasteiger partial charge in [0, 0.05) is 23.9 Å². The van der Waals surface area contributed by atoms with Crippen LogP contribution in [0.15, 0.2) is 36.7 Å². The minimum Gasteiger partial charge on any atom is -0.435 e. The number of halogens is 3. The number of rotatable bonds is 4. The van der Waals surface area contributed by atoms with E-state index in [4.69, 9.17) is 15.7 Å². The summed E-state index contributed by atoms with van der Waals surface area (Å²) in [5.74, 6) is 0.217. The second kappa shape index (κ2) is 7.30. The van der Waals surface area contributed by atoms with E-state index in [0.717, 1.165) is 18.9 Å². The Morgan fingerprint density at radius 3 is 2.60 bits per heavy atom. The van der Waals surface area contributed by atoms with Crippen molar-refractivity contribution in [2.75, 3.05) is 5.73 Å². The summed E-state index contributed by atoms with van der Waals surface area (Å²) in [7, 11) is 0. The summed E-state index contributed by atoms with van der Waals surface area (Å²) in [6.07, 6.45) is -0.0662. The molecule has 1 aliphatic carbocycles. The Bertz CT molecular complexity index is 1170. The van der Waals surface area contributed by atoms with Gasteiger partial charge in [0.25, 0.3) is 0 Å². The van der Waals surface area contributed by atoms with Gasteiger partial charge < -0.3 is 10.5 Å². The molecule has 3 heterocycles. The molecule has 0 bridgehead atoms. The van der Waals surface area contributed by atoms with E-state index in [1.807, 2.05) is 6.07 Å². The number of hydrogen-bond donors (Lipinski definition) is 1. The fourth-order valence-corrected chi connectivity index (χ4v) is 3.03. The molecule has 1 aliphatic rings. The molecule has 1 saturated carbocycles. The number of nitrogens with zero attached hydrogens (tertiary/aromatic N) is 4. The van der Waals surface area contributed by atoms with Crippen LogP contribution in [0.2, 0.25) is 0 Å². The summed E-state index contributed by atoms with van der Waals surface area (Å²) in [4.78, 5) is 12.2. The molecular formula is C21H16F3N5O. The number of anilines is 1. The highest BCUT2D eigenvalue weighted by atomic mass is 19.4. The SMILES string of the molecule is Cc1cc(C(F)(F)F)nc(C2CC2)c1Oc1nc(-c2cncc(C#N)c2)ccc1N. The Hall–Kier alpha value is -3.67. The van der Waals surface area contributed by atoms with Crippen LogP contribution in [0.3, 0.4) is 0 Å². The summed E-state index contributed by atoms with van der Waals surface area (Å²) in [6.45, 7) is 1.54. The molecule has 0 spiro atoms. The third kappa shape index (κ3) is 3.89. The molecule has 0 aliphatic heterocycles. The summed E-state index contributed by atoms with van der Waals surface area (Å²) in [5, 5.41) is 9.06. The van der Waals surface area contributed by atoms with Crippen LogP contribution in [0.25, 0.3) is 11.3 Å². The number of nitriles is 1. The molecule has 4 rings (SSSR count). The fourth-order valence-electron chi connectivity index (χ4n) is 3.03. The van der Waals surface area contributed by atoms with Gasteiger partial charge in [-0.2, -0.15) is 18.4 Å². The van der Waals surface area contributed by atoms with Crippen LogP contribution in [0.4, 0.5) is 18.9 Å². The number of nitrogens with two attached hydrogens (primary N) is 1. The second-order valence-corrected chi connectivity index (χ2v) is 7.08. The monoisotopic (exact) mass is 411 g/mol. The van der Waals surface area contributed by atoms with Gasteiger partial charge in [-0.15, -0.1) is 0 Å². The van der Waals surface area contributed by atoms with Gasteiger partial charge in [0.05, 0.1) is 22.6 Å². The third-order valence-corrected chi connectivity index (χ3v) is 4.69. The zero-order chi connectivity index (χ0) is 21.5. The van der Waals surface area contributed by atoms with Gasteiger partial charge in [-0.3, -0.25) is 4.98 Å². The molecule has 0 unspecified atom stereocenters. The highest BCUT2D eigenvalue weighted by Gasteiger charge is 2.37. The lowest BCUT2D eigenvalue weighted by atomic mass is 10.1. The van der Waals surface area contributed by atoms with Crippen LogP contribution >= 0.6 is 0 Å². The van der Waals surface area contributed by atoms with Crippen LogP contribution < -0.4 is 10.5 Å². The van der Waals surface area contributed by atoms with Crippen LogP contribution in [-0.2, 0) is 6.18 Å². The first-order valence-electron chi connectivity index (χ1n) is 9.15. The van der Waals surface area contributed by atoms with Gasteiger partial charge in [-0.1, -0.05) is 0 Å². The normalized spacial score (nSPS) is 13.7. The summed E-state index contributed by atoms with van der Waals surface area (Å²) in [6, 6.07) is 7.83. The Morgan fingerprint density at radius 1 is 1.17 bits per heavy atom. The highest BCUT2D eigenvalue weighted by molar-refractivity contribution is 5.64. The lowest BCUT2D eigenvalue weighted by Gasteiger charge is -2.17. The Balaban J connectivity index is 1.75. The largest absolute Gasteiger partial charge is 0.435 e. The van der Waals surface area contributed by atoms with Gasteiger partial charge in [0.2, 0.25) is 5.88 Å². The maximum atomic E-state index is 13.2. The molecule has 3 aromatic heterocycles. The molecule has 0 amide bonds. The molecule has 2 N–H and O–H groups in total. The van der Waals surface area contributed by atoms with E-state index in [-0.39, 0.29) is 28.9 Å². The molecule has 0 aromatic carbocycles. The smallest absolute Gasteiger partial charge is 0.433 e. The van der Waals surface area contributed by atoms with Crippen molar-refractivity contribution in [1.29, 1.82) is 5.26 Å². The van der Waals surface area contributed by atoms with Crippen LogP contribution in [0.5, 0.6) is 11.6 Å². The number of pyridine rings is 3. The standard InChI is InChI=1S/C21H16F3N5O/c1-11-6-17(21(22,23)24)29-18(13-2-3-13)19(11)30-20-15(26)4-5-16(28-20)14-7-12(8-25)9-27-10-14/h4-7,9-10,13H,2-3,26H2,1H3. The molecule has 0 atom stereocenters. The molecule has 1 fully saturated rings. The minimum atomic E-state index is -4.54. The summed E-state index contributed by atoms with van der Waals surface area (Å²) < 4.78 is 45.5. The highest BCUT2D eigenvalue weighted by Crippen LogP contribution is 2.47. The number of hydrogen-bond acceptors (Lipinski definition) is 6. The number of aromatic nitrogens is 3. The molecular weight excluding hydrogens is 395 g/mol. The van der Waals surface area contributed by atoms with Gasteiger partial charge in [0.1, 0.15) is 11.8 Å². The molecule has 6 nitrogen and oxygen atoms in total. The first-order valence-corrected chi connectivity index (χ1v) is 9.15. The van der Waals surface area contributed by atoms with E-state index in [1.165, 1.54) is 6.20 Å². The third-order valence-electron chi connectivity index (χ3n) is 4.69. The quantitative estimate of drug-likeness (QED) is 0.650. The van der Waals surface area contributed by atoms with Crippen molar-refractivity contribution < 1.29 is 17.9 Å². The number of alkyl halides is 3. The van der Waals surface area contributed by atoms with Gasteiger partial charge in [0.15, 0.2) is 5.75 Å². The van der Waals surface area contributed by atoms with Crippen molar-refractivity contribution in [2.24, 2.45) is 0 Å². The zero-order valence-electron chi connectivity index (χ0n) is 15.9. The maximum Gasteiger partial charge on any atom is 0.433 e. The first kappa shape index (κ1) is 19.6. The van der Waals surface area contributed by atoms with Gasteiger partial charge >= 0.3 is 6.18 Å². The average molecular weight is 411 g/mol. The van der Waals surface area contributed by atoms with E-state index in [9.17, 15) is 13.2 Å². The van der Waals surface area contributed by atoms with Crippen molar-refractivity contribution in [2.45, 2.75) is 31.9 Å². The zero-order valence-corrected chi connectivity index (χ0v) is 15.9. The predicted molar refractivity (Wildman–Crippen MR) is 103 cm³/mol. The average Bonchev–Trinajstić information content (AvgIpc) is 3.55. The molecule has 0 radical (unpaired) electrons. The second-order valence-electron chi connectivity index (χ2n) is 7.08. The number of ether oxygens (including phenoxy) is 1. The topological polar surface area (TPSA) is 97.7 Å². The van der Waals surface area contributed by atoms with E-state index < -0.39 is 11.9 Å². The van der Waals surface area contributed by atoms with Crippen LogP contribution in [0, 0.1) is 18.3 Å². The van der Waals surface area contributed by atoms with Gasteiger partial charge in [-0.05, 0) is 49.6 Å². The molecule has 30 heavy (non-hydrogen) atoms. The maximum absolute atomic E-state index is 13.2. The lowest BCUT2D eigenvalue weighted by molar-refractivity contribution is -0.141. The predicted octanol–water partition coefficient (Wildman–Crippen LogP) is 4.99. The molecule has 0 saturated heterocycles. The molecule has 152 valence electrons. The fraction of sp³-hybridized carbons (Fsp3) is 0.238. The first-order chi connectivity index (χ1) is 14.3. The molecule has 9 heteroatoms. The van der Waals surface area contributed by atoms with Crippen LogP contribution in [-0.4, -0.2) is 15.0 Å². The van der Waals surface area contributed by atoms with Crippen molar-refractivity contribution in [1.82, 2.24) is 15.0 Å². The Kier molecular flexibility index (Phi) is 4.78. The van der Waals surface area contributed by atoms with E-state index in [2.05, 4.69) is 15.0 Å². The molecule has 3 aromatic rings. The number of aryl methyl sites for hydroxylation is 1. The van der Waals surface area contributed by atoms with E-state index >= 15 is 0 Å². The van der Waals surface area contributed by atoms with Crippen molar-refractivity contribution in [3.05, 3.63) is 59.2 Å². The van der Waals surface area contributed by atoms with Crippen molar-refractivity contribution >= 4 is 5.69 Å². The minimum absolute atomic E-state index is 0.0569. The Labute approximate surface area is 170 Å². The summed E-state index contributed by atoms with van der Waals surface area (Å²) >= 11 is 0. The lowest BCUT2D eigenvalue weighted by Crippen LogP contribution is -2.11. The Morgan fingerprint density at radius 2 is 1.93 bits per heavy atom. The van der Waals surface area contributed by atoms with Crippen molar-refractivity contribution in [3.63, 3.8) is 0 Å². The van der Waals surface area contributed by atoms with Crippen molar-refractivity contribution in [3.8, 4) is 29.0 Å². The summed E-state index contributed by atoms with van der Waals surface area (Å²) in [5.41, 5.74) is 7.28. The van der Waals surface area contributed by atoms with Crippen LogP contribution in [0.1, 0.15) is 41.3 Å². The number of nitrogen functional groups attached to an aromatic ring is 1. The van der Waals surface area contributed by atoms with E-state index in [1.54, 1.807) is 31.3 Å². The van der Waals surface area contributed by atoms with E-state index in [0.29, 0.717) is 22.4 Å². The van der Waals surface area contributed by atoms with Gasteiger partial charge in [-0.25, -0.2) is 9.97 Å².